The van der Waals surface area contributed by atoms with E-state index in [0.29, 0.717) is 17.1 Å². The highest BCUT2D eigenvalue weighted by Crippen LogP contribution is 2.19. The first-order valence-corrected chi connectivity index (χ1v) is 8.46. The number of aromatic nitrogens is 2. The molecule has 0 unspecified atom stereocenters. The fourth-order valence-electron chi connectivity index (χ4n) is 2.16. The third kappa shape index (κ3) is 5.06. The minimum absolute atomic E-state index is 0.279. The van der Waals surface area contributed by atoms with Gasteiger partial charge < -0.3 is 14.8 Å². The zero-order chi connectivity index (χ0) is 18.6. The molecule has 0 saturated carbocycles. The summed E-state index contributed by atoms with van der Waals surface area (Å²) in [5, 5.41) is 6.96. The highest BCUT2D eigenvalue weighted by Gasteiger charge is 2.21. The van der Waals surface area contributed by atoms with Gasteiger partial charge in [-0.05, 0) is 39.0 Å². The minimum Gasteiger partial charge on any atom is -0.482 e. The van der Waals surface area contributed by atoms with Crippen LogP contribution in [0.1, 0.15) is 18.3 Å². The van der Waals surface area contributed by atoms with E-state index in [9.17, 15) is 9.59 Å². The summed E-state index contributed by atoms with van der Waals surface area (Å²) in [6.45, 7) is 4.87. The van der Waals surface area contributed by atoms with Crippen LogP contribution in [0.2, 0.25) is 0 Å². The van der Waals surface area contributed by atoms with E-state index in [1.54, 1.807) is 36.9 Å². The molecule has 0 aliphatic rings. The Kier molecular flexibility index (Phi) is 6.19. The fraction of sp³-hybridized carbons (Fsp3) is 0.353. The zero-order valence-electron chi connectivity index (χ0n) is 14.5. The second kappa shape index (κ2) is 8.15. The Morgan fingerprint density at radius 1 is 1.36 bits per heavy atom. The Hall–Kier alpha value is -2.35. The quantitative estimate of drug-likeness (QED) is 0.741. The molecule has 7 nitrogen and oxygen atoms in total. The Bertz CT molecular complexity index is 788. The summed E-state index contributed by atoms with van der Waals surface area (Å²) in [6, 6.07) is 7.10. The average Bonchev–Trinajstić information content (AvgIpc) is 2.79. The van der Waals surface area contributed by atoms with Crippen molar-refractivity contribution in [3.63, 3.8) is 0 Å². The Labute approximate surface area is 154 Å². The summed E-state index contributed by atoms with van der Waals surface area (Å²) in [6.07, 6.45) is -0.947. The number of carbonyl (C=O) groups excluding carboxylic acids is 2. The standard InChI is InChI=1S/C17H20BrN3O4/c1-10-16(11(2)21(4)20-10)19-17(23)12(3)25-15(22)9-24-14-7-5-6-13(18)8-14/h5-8,12H,9H2,1-4H3,(H,19,23)/t12-/m0/s1. The number of nitrogens with one attached hydrogen (secondary N) is 1. The van der Waals surface area contributed by atoms with Crippen molar-refractivity contribution in [2.24, 2.45) is 7.05 Å². The number of benzene rings is 1. The first-order chi connectivity index (χ1) is 11.8. The smallest absolute Gasteiger partial charge is 0.344 e. The molecule has 0 bridgehead atoms. The maximum Gasteiger partial charge on any atom is 0.344 e. The number of rotatable bonds is 6. The normalized spacial score (nSPS) is 11.7. The lowest BCUT2D eigenvalue weighted by molar-refractivity contribution is -0.155. The van der Waals surface area contributed by atoms with Crippen LogP contribution < -0.4 is 10.1 Å². The largest absolute Gasteiger partial charge is 0.482 e. The number of ether oxygens (including phenoxy) is 2. The van der Waals surface area contributed by atoms with E-state index in [-0.39, 0.29) is 6.61 Å². The molecular formula is C17H20BrN3O4. The third-order valence-corrected chi connectivity index (χ3v) is 4.08. The fourth-order valence-corrected chi connectivity index (χ4v) is 2.54. The lowest BCUT2D eigenvalue weighted by Crippen LogP contribution is -2.32. The summed E-state index contributed by atoms with van der Waals surface area (Å²) in [5.74, 6) is -0.512. The van der Waals surface area contributed by atoms with Gasteiger partial charge in [-0.2, -0.15) is 5.10 Å². The van der Waals surface area contributed by atoms with Gasteiger partial charge in [0.2, 0.25) is 0 Å². The molecule has 0 saturated heterocycles. The van der Waals surface area contributed by atoms with Crippen LogP contribution in [0.3, 0.4) is 0 Å². The molecule has 1 aromatic heterocycles. The molecule has 1 atom stereocenters. The van der Waals surface area contributed by atoms with Crippen LogP contribution in [-0.4, -0.2) is 34.4 Å². The highest BCUT2D eigenvalue weighted by atomic mass is 79.9. The summed E-state index contributed by atoms with van der Waals surface area (Å²) >= 11 is 3.32. The summed E-state index contributed by atoms with van der Waals surface area (Å²) in [4.78, 5) is 24.1. The van der Waals surface area contributed by atoms with Gasteiger partial charge in [-0.1, -0.05) is 22.0 Å². The third-order valence-electron chi connectivity index (χ3n) is 3.59. The van der Waals surface area contributed by atoms with Crippen molar-refractivity contribution in [2.75, 3.05) is 11.9 Å². The number of amides is 1. The molecule has 8 heteroatoms. The number of halogens is 1. The predicted octanol–water partition coefficient (Wildman–Crippen LogP) is 2.75. The number of carbonyl (C=O) groups is 2. The first kappa shape index (κ1) is 19.0. The monoisotopic (exact) mass is 409 g/mol. The lowest BCUT2D eigenvalue weighted by Gasteiger charge is -2.14. The van der Waals surface area contributed by atoms with Crippen LogP contribution in [0, 0.1) is 13.8 Å². The predicted molar refractivity (Wildman–Crippen MR) is 96.5 cm³/mol. The van der Waals surface area contributed by atoms with Crippen molar-refractivity contribution in [2.45, 2.75) is 26.9 Å². The molecule has 134 valence electrons. The van der Waals surface area contributed by atoms with Crippen LogP contribution >= 0.6 is 15.9 Å². The Balaban J connectivity index is 1.86. The molecule has 1 aromatic carbocycles. The van der Waals surface area contributed by atoms with Crippen molar-refractivity contribution in [1.29, 1.82) is 0 Å². The van der Waals surface area contributed by atoms with Crippen molar-refractivity contribution in [3.05, 3.63) is 40.1 Å². The Morgan fingerprint density at radius 2 is 2.08 bits per heavy atom. The van der Waals surface area contributed by atoms with Gasteiger partial charge in [-0.15, -0.1) is 0 Å². The van der Waals surface area contributed by atoms with E-state index >= 15 is 0 Å². The maximum atomic E-state index is 12.2. The van der Waals surface area contributed by atoms with Crippen LogP contribution in [-0.2, 0) is 21.4 Å². The second-order valence-electron chi connectivity index (χ2n) is 5.54. The maximum absolute atomic E-state index is 12.2. The van der Waals surface area contributed by atoms with Crippen LogP contribution in [0.4, 0.5) is 5.69 Å². The van der Waals surface area contributed by atoms with E-state index in [1.807, 2.05) is 13.0 Å². The Morgan fingerprint density at radius 3 is 2.68 bits per heavy atom. The molecule has 1 amide bonds. The van der Waals surface area contributed by atoms with Crippen LogP contribution in [0.5, 0.6) is 5.75 Å². The number of nitrogens with zero attached hydrogens (tertiary/aromatic N) is 2. The van der Waals surface area contributed by atoms with E-state index in [0.717, 1.165) is 10.2 Å². The van der Waals surface area contributed by atoms with Gasteiger partial charge in [0.1, 0.15) is 5.75 Å². The molecule has 2 rings (SSSR count). The molecule has 1 heterocycles. The van der Waals surface area contributed by atoms with Crippen molar-refractivity contribution in [3.8, 4) is 5.75 Å². The highest BCUT2D eigenvalue weighted by molar-refractivity contribution is 9.10. The van der Waals surface area contributed by atoms with Gasteiger partial charge in [0, 0.05) is 11.5 Å². The number of hydrogen-bond donors (Lipinski definition) is 1. The van der Waals surface area contributed by atoms with Gasteiger partial charge >= 0.3 is 5.97 Å². The molecule has 0 aliphatic heterocycles. The van der Waals surface area contributed by atoms with Crippen molar-refractivity contribution >= 4 is 33.5 Å². The summed E-state index contributed by atoms with van der Waals surface area (Å²) in [5.41, 5.74) is 2.15. The molecule has 1 N–H and O–H groups in total. The second-order valence-corrected chi connectivity index (χ2v) is 6.45. The summed E-state index contributed by atoms with van der Waals surface area (Å²) in [7, 11) is 1.79. The minimum atomic E-state index is -0.947. The van der Waals surface area contributed by atoms with Gasteiger partial charge in [-0.3, -0.25) is 9.48 Å². The zero-order valence-corrected chi connectivity index (χ0v) is 16.1. The molecular weight excluding hydrogens is 390 g/mol. The van der Waals surface area contributed by atoms with E-state index in [1.165, 1.54) is 6.92 Å². The molecule has 25 heavy (non-hydrogen) atoms. The first-order valence-electron chi connectivity index (χ1n) is 7.67. The number of esters is 1. The van der Waals surface area contributed by atoms with Crippen LogP contribution in [0.15, 0.2) is 28.7 Å². The molecule has 0 aliphatic carbocycles. The topological polar surface area (TPSA) is 82.5 Å². The van der Waals surface area contributed by atoms with Gasteiger partial charge in [0.05, 0.1) is 17.1 Å². The number of anilines is 1. The van der Waals surface area contributed by atoms with E-state index < -0.39 is 18.0 Å². The molecule has 0 fully saturated rings. The van der Waals surface area contributed by atoms with Crippen molar-refractivity contribution < 1.29 is 19.1 Å². The van der Waals surface area contributed by atoms with E-state index in [4.69, 9.17) is 9.47 Å². The number of aryl methyl sites for hydroxylation is 2. The SMILES string of the molecule is Cc1nn(C)c(C)c1NC(=O)[C@H](C)OC(=O)COc1cccc(Br)c1. The van der Waals surface area contributed by atoms with Crippen molar-refractivity contribution in [1.82, 2.24) is 9.78 Å². The lowest BCUT2D eigenvalue weighted by atomic mass is 10.3. The molecule has 2 aromatic rings. The molecule has 0 spiro atoms. The van der Waals surface area contributed by atoms with Gasteiger partial charge in [0.25, 0.3) is 5.91 Å². The molecule has 0 radical (unpaired) electrons. The van der Waals surface area contributed by atoms with Gasteiger partial charge in [0.15, 0.2) is 12.7 Å². The van der Waals surface area contributed by atoms with Gasteiger partial charge in [-0.25, -0.2) is 4.79 Å². The average molecular weight is 410 g/mol. The van der Waals surface area contributed by atoms with E-state index in [2.05, 4.69) is 26.3 Å². The summed E-state index contributed by atoms with van der Waals surface area (Å²) < 4.78 is 13.0. The number of hydrogen-bond acceptors (Lipinski definition) is 5. The van der Waals surface area contributed by atoms with Crippen LogP contribution in [0.25, 0.3) is 0 Å².